The number of hydrogen-bond donors (Lipinski definition) is 1. The van der Waals surface area contributed by atoms with Gasteiger partial charge in [0, 0.05) is 29.8 Å². The number of carbonyl (C=O) groups excluding carboxylic acids is 2. The van der Waals surface area contributed by atoms with Crippen LogP contribution in [-0.4, -0.2) is 47.4 Å². The van der Waals surface area contributed by atoms with E-state index in [0.717, 1.165) is 10.2 Å². The summed E-state index contributed by atoms with van der Waals surface area (Å²) in [6.07, 6.45) is 1.72. The Bertz CT molecular complexity index is 678. The van der Waals surface area contributed by atoms with Crippen molar-refractivity contribution in [1.82, 2.24) is 4.90 Å². The van der Waals surface area contributed by atoms with Crippen LogP contribution in [0.3, 0.4) is 0 Å². The summed E-state index contributed by atoms with van der Waals surface area (Å²) >= 11 is 3.39. The van der Waals surface area contributed by atoms with Gasteiger partial charge in [-0.1, -0.05) is 22.0 Å². The van der Waals surface area contributed by atoms with Crippen LogP contribution >= 0.6 is 15.9 Å². The predicted octanol–water partition coefficient (Wildman–Crippen LogP) is 2.13. The van der Waals surface area contributed by atoms with E-state index in [0.29, 0.717) is 32.4 Å². The number of likely N-dealkylation sites (tertiary alicyclic amines) is 1. The molecular formula is C17H19BrN2O4. The van der Waals surface area contributed by atoms with Gasteiger partial charge in [-0.25, -0.2) is 0 Å². The number of amides is 2. The van der Waals surface area contributed by atoms with Crippen molar-refractivity contribution in [2.45, 2.75) is 19.3 Å². The van der Waals surface area contributed by atoms with E-state index in [-0.39, 0.29) is 18.4 Å². The Kier molecular flexibility index (Phi) is 4.89. The van der Waals surface area contributed by atoms with Gasteiger partial charge < -0.3 is 14.9 Å². The molecule has 128 valence electrons. The summed E-state index contributed by atoms with van der Waals surface area (Å²) < 4.78 is 0.878. The van der Waals surface area contributed by atoms with Crippen LogP contribution in [0.15, 0.2) is 28.7 Å². The van der Waals surface area contributed by atoms with Crippen molar-refractivity contribution in [2.24, 2.45) is 11.8 Å². The zero-order chi connectivity index (χ0) is 17.3. The van der Waals surface area contributed by atoms with Crippen LogP contribution in [-0.2, 0) is 14.4 Å². The lowest BCUT2D eigenvalue weighted by Crippen LogP contribution is -2.46. The monoisotopic (exact) mass is 394 g/mol. The number of halogens is 1. The van der Waals surface area contributed by atoms with Gasteiger partial charge in [0.2, 0.25) is 11.8 Å². The number of piperidine rings is 1. The molecular weight excluding hydrogens is 376 g/mol. The second kappa shape index (κ2) is 6.93. The van der Waals surface area contributed by atoms with E-state index in [1.165, 1.54) is 0 Å². The first-order valence-electron chi connectivity index (χ1n) is 8.06. The summed E-state index contributed by atoms with van der Waals surface area (Å²) in [5.74, 6) is -2.53. The Morgan fingerprint density at radius 1 is 1.21 bits per heavy atom. The molecule has 3 rings (SSSR count). The van der Waals surface area contributed by atoms with Gasteiger partial charge in [0.25, 0.3) is 0 Å². The van der Waals surface area contributed by atoms with Crippen LogP contribution in [0, 0.1) is 11.8 Å². The molecule has 2 amide bonds. The highest BCUT2D eigenvalue weighted by molar-refractivity contribution is 9.10. The van der Waals surface area contributed by atoms with E-state index in [2.05, 4.69) is 15.9 Å². The maximum absolute atomic E-state index is 12.7. The lowest BCUT2D eigenvalue weighted by molar-refractivity contribution is -0.147. The Labute approximate surface area is 148 Å². The molecule has 2 unspecified atom stereocenters. The number of nitrogens with zero attached hydrogens (tertiary/aromatic N) is 2. The van der Waals surface area contributed by atoms with Gasteiger partial charge in [-0.15, -0.1) is 0 Å². The Hall–Kier alpha value is -1.89. The Morgan fingerprint density at radius 2 is 2.00 bits per heavy atom. The van der Waals surface area contributed by atoms with Gasteiger partial charge in [0.05, 0.1) is 5.92 Å². The van der Waals surface area contributed by atoms with Crippen LogP contribution in [0.5, 0.6) is 0 Å². The number of benzene rings is 1. The molecule has 2 fully saturated rings. The maximum atomic E-state index is 12.7. The largest absolute Gasteiger partial charge is 0.481 e. The molecule has 24 heavy (non-hydrogen) atoms. The number of anilines is 1. The highest BCUT2D eigenvalue weighted by Gasteiger charge is 2.41. The third-order valence-corrected chi connectivity index (χ3v) is 5.20. The van der Waals surface area contributed by atoms with Gasteiger partial charge in [0.1, 0.15) is 5.92 Å². The molecule has 1 aromatic rings. The zero-order valence-electron chi connectivity index (χ0n) is 13.2. The van der Waals surface area contributed by atoms with E-state index >= 15 is 0 Å². The standard InChI is InChI=1S/C17H19BrN2O4/c18-12-4-1-5-13(9-12)20-8-6-14(16(20)22)15(21)19-7-2-3-11(10-19)17(23)24/h1,4-5,9,11,14H,2-3,6-8,10H2,(H,23,24). The average molecular weight is 395 g/mol. The van der Waals surface area contributed by atoms with Crippen molar-refractivity contribution in [3.8, 4) is 0 Å². The summed E-state index contributed by atoms with van der Waals surface area (Å²) in [6, 6.07) is 7.43. The van der Waals surface area contributed by atoms with E-state index in [4.69, 9.17) is 5.11 Å². The summed E-state index contributed by atoms with van der Waals surface area (Å²) in [5.41, 5.74) is 0.770. The van der Waals surface area contributed by atoms with Crippen molar-refractivity contribution in [2.75, 3.05) is 24.5 Å². The first-order chi connectivity index (χ1) is 11.5. The fourth-order valence-electron chi connectivity index (χ4n) is 3.41. The second-order valence-corrected chi connectivity index (χ2v) is 7.19. The lowest BCUT2D eigenvalue weighted by atomic mass is 9.96. The molecule has 6 nitrogen and oxygen atoms in total. The van der Waals surface area contributed by atoms with Gasteiger partial charge in [-0.3, -0.25) is 14.4 Å². The fourth-order valence-corrected chi connectivity index (χ4v) is 3.80. The molecule has 0 aliphatic carbocycles. The molecule has 2 heterocycles. The predicted molar refractivity (Wildman–Crippen MR) is 91.5 cm³/mol. The molecule has 0 spiro atoms. The number of hydrogen-bond acceptors (Lipinski definition) is 3. The lowest BCUT2D eigenvalue weighted by Gasteiger charge is -2.32. The summed E-state index contributed by atoms with van der Waals surface area (Å²) in [6.45, 7) is 1.24. The molecule has 0 aromatic heterocycles. The molecule has 0 saturated carbocycles. The Balaban J connectivity index is 1.70. The van der Waals surface area contributed by atoms with E-state index < -0.39 is 17.8 Å². The molecule has 2 saturated heterocycles. The molecule has 7 heteroatoms. The van der Waals surface area contributed by atoms with Crippen LogP contribution in [0.2, 0.25) is 0 Å². The highest BCUT2D eigenvalue weighted by Crippen LogP contribution is 2.29. The summed E-state index contributed by atoms with van der Waals surface area (Å²) in [7, 11) is 0. The Morgan fingerprint density at radius 3 is 2.71 bits per heavy atom. The molecule has 2 aliphatic heterocycles. The van der Waals surface area contributed by atoms with Crippen molar-refractivity contribution in [3.05, 3.63) is 28.7 Å². The number of carbonyl (C=O) groups is 3. The molecule has 0 bridgehead atoms. The van der Waals surface area contributed by atoms with E-state index in [9.17, 15) is 14.4 Å². The molecule has 1 N–H and O–H groups in total. The third-order valence-electron chi connectivity index (χ3n) is 4.71. The molecule has 2 aliphatic rings. The molecule has 0 radical (unpaired) electrons. The van der Waals surface area contributed by atoms with Crippen molar-refractivity contribution < 1.29 is 19.5 Å². The minimum Gasteiger partial charge on any atom is -0.481 e. The normalized spacial score (nSPS) is 24.3. The fraction of sp³-hybridized carbons (Fsp3) is 0.471. The third kappa shape index (κ3) is 3.31. The van der Waals surface area contributed by atoms with Crippen molar-refractivity contribution >= 4 is 39.4 Å². The van der Waals surface area contributed by atoms with Gasteiger partial charge in [-0.2, -0.15) is 0 Å². The smallest absolute Gasteiger partial charge is 0.308 e. The number of carboxylic acids is 1. The average Bonchev–Trinajstić information content (AvgIpc) is 2.96. The van der Waals surface area contributed by atoms with Crippen molar-refractivity contribution in [3.63, 3.8) is 0 Å². The van der Waals surface area contributed by atoms with E-state index in [1.807, 2.05) is 24.3 Å². The zero-order valence-corrected chi connectivity index (χ0v) is 14.7. The SMILES string of the molecule is O=C(O)C1CCCN(C(=O)C2CCN(c3cccc(Br)c3)C2=O)C1. The minimum atomic E-state index is -0.874. The van der Waals surface area contributed by atoms with Gasteiger partial charge in [0.15, 0.2) is 0 Å². The maximum Gasteiger partial charge on any atom is 0.308 e. The van der Waals surface area contributed by atoms with Crippen LogP contribution in [0.1, 0.15) is 19.3 Å². The van der Waals surface area contributed by atoms with Gasteiger partial charge >= 0.3 is 5.97 Å². The minimum absolute atomic E-state index is 0.199. The number of aliphatic carboxylic acids is 1. The summed E-state index contributed by atoms with van der Waals surface area (Å²) in [5, 5.41) is 9.15. The number of carboxylic acid groups (broad SMARTS) is 1. The van der Waals surface area contributed by atoms with E-state index in [1.54, 1.807) is 9.80 Å². The first-order valence-corrected chi connectivity index (χ1v) is 8.85. The second-order valence-electron chi connectivity index (χ2n) is 6.27. The van der Waals surface area contributed by atoms with Crippen molar-refractivity contribution in [1.29, 1.82) is 0 Å². The van der Waals surface area contributed by atoms with Crippen LogP contribution < -0.4 is 4.90 Å². The number of rotatable bonds is 3. The van der Waals surface area contributed by atoms with Crippen LogP contribution in [0.4, 0.5) is 5.69 Å². The highest BCUT2D eigenvalue weighted by atomic mass is 79.9. The molecule has 1 aromatic carbocycles. The first kappa shape index (κ1) is 17.0. The summed E-state index contributed by atoms with van der Waals surface area (Å²) in [4.78, 5) is 39.7. The van der Waals surface area contributed by atoms with Gasteiger partial charge in [-0.05, 0) is 37.5 Å². The topological polar surface area (TPSA) is 77.9 Å². The quantitative estimate of drug-likeness (QED) is 0.796. The van der Waals surface area contributed by atoms with Crippen LogP contribution in [0.25, 0.3) is 0 Å². The molecule has 2 atom stereocenters.